The highest BCUT2D eigenvalue weighted by molar-refractivity contribution is 5.46. The van der Waals surface area contributed by atoms with Crippen LogP contribution < -0.4 is 4.90 Å². The molecule has 2 aromatic carbocycles. The first kappa shape index (κ1) is 13.3. The van der Waals surface area contributed by atoms with Gasteiger partial charge >= 0.3 is 0 Å². The molecular formula is C16H19NO2. The zero-order valence-corrected chi connectivity index (χ0v) is 11.3. The highest BCUT2D eigenvalue weighted by Gasteiger charge is 2.01. The van der Waals surface area contributed by atoms with Crippen LogP contribution in [-0.4, -0.2) is 24.3 Å². The van der Waals surface area contributed by atoms with E-state index in [-0.39, 0.29) is 11.5 Å². The van der Waals surface area contributed by atoms with Gasteiger partial charge in [-0.25, -0.2) is 0 Å². The topological polar surface area (TPSA) is 43.7 Å². The van der Waals surface area contributed by atoms with Crippen molar-refractivity contribution in [2.75, 3.05) is 19.0 Å². The third-order valence-corrected chi connectivity index (χ3v) is 3.12. The van der Waals surface area contributed by atoms with Crippen LogP contribution in [0.5, 0.6) is 11.5 Å². The van der Waals surface area contributed by atoms with E-state index in [0.717, 1.165) is 18.4 Å². The molecular weight excluding hydrogens is 238 g/mol. The van der Waals surface area contributed by atoms with Crippen molar-refractivity contribution in [1.29, 1.82) is 0 Å². The van der Waals surface area contributed by atoms with Gasteiger partial charge in [0.2, 0.25) is 0 Å². The van der Waals surface area contributed by atoms with Crippen molar-refractivity contribution in [2.24, 2.45) is 0 Å². The van der Waals surface area contributed by atoms with Crippen LogP contribution in [-0.2, 0) is 12.8 Å². The number of phenols is 2. The fourth-order valence-electron chi connectivity index (χ4n) is 2.05. The second kappa shape index (κ2) is 5.65. The van der Waals surface area contributed by atoms with E-state index in [1.54, 1.807) is 12.1 Å². The summed E-state index contributed by atoms with van der Waals surface area (Å²) in [5.74, 6) is 0.218. The molecule has 2 aromatic rings. The van der Waals surface area contributed by atoms with Crippen LogP contribution in [0.2, 0.25) is 0 Å². The number of phenolic OH excluding ortho intramolecular Hbond substituents is 2. The van der Waals surface area contributed by atoms with Crippen LogP contribution in [0.3, 0.4) is 0 Å². The zero-order valence-electron chi connectivity index (χ0n) is 11.3. The van der Waals surface area contributed by atoms with E-state index in [1.807, 2.05) is 14.1 Å². The standard InChI is InChI=1S/C16H19NO2/c1-17(2)14-7-5-12(6-8-14)3-4-13-9-15(18)11-16(19)10-13/h5-11,18-19H,3-4H2,1-2H3. The summed E-state index contributed by atoms with van der Waals surface area (Å²) in [6.07, 6.45) is 1.68. The molecule has 0 unspecified atom stereocenters. The lowest BCUT2D eigenvalue weighted by Gasteiger charge is -2.12. The fourth-order valence-corrected chi connectivity index (χ4v) is 2.05. The molecule has 0 saturated heterocycles. The molecule has 0 aliphatic rings. The Kier molecular flexibility index (Phi) is 3.95. The first-order chi connectivity index (χ1) is 9.04. The number of anilines is 1. The number of nitrogens with zero attached hydrogens (tertiary/aromatic N) is 1. The van der Waals surface area contributed by atoms with Crippen LogP contribution in [0.4, 0.5) is 5.69 Å². The minimum Gasteiger partial charge on any atom is -0.508 e. The maximum atomic E-state index is 9.42. The largest absolute Gasteiger partial charge is 0.508 e. The predicted molar refractivity (Wildman–Crippen MR) is 77.9 cm³/mol. The number of benzene rings is 2. The summed E-state index contributed by atoms with van der Waals surface area (Å²) in [6.45, 7) is 0. The van der Waals surface area contributed by atoms with Gasteiger partial charge in [-0.05, 0) is 48.2 Å². The Balaban J connectivity index is 2.02. The van der Waals surface area contributed by atoms with Crippen LogP contribution in [0.1, 0.15) is 11.1 Å². The van der Waals surface area contributed by atoms with E-state index in [1.165, 1.54) is 17.3 Å². The number of hydrogen-bond acceptors (Lipinski definition) is 3. The normalized spacial score (nSPS) is 10.4. The van der Waals surface area contributed by atoms with E-state index >= 15 is 0 Å². The summed E-state index contributed by atoms with van der Waals surface area (Å²) in [4.78, 5) is 2.07. The number of aryl methyl sites for hydroxylation is 2. The Hall–Kier alpha value is -2.16. The third kappa shape index (κ3) is 3.65. The second-order valence-corrected chi connectivity index (χ2v) is 4.92. The molecule has 0 aliphatic heterocycles. The molecule has 0 bridgehead atoms. The Morgan fingerprint density at radius 3 is 1.84 bits per heavy atom. The van der Waals surface area contributed by atoms with Gasteiger partial charge in [-0.15, -0.1) is 0 Å². The van der Waals surface area contributed by atoms with E-state index in [0.29, 0.717) is 0 Å². The van der Waals surface area contributed by atoms with Crippen LogP contribution in [0, 0.1) is 0 Å². The van der Waals surface area contributed by atoms with Gasteiger partial charge in [0.05, 0.1) is 0 Å². The average molecular weight is 257 g/mol. The molecule has 0 atom stereocenters. The van der Waals surface area contributed by atoms with Gasteiger partial charge in [0.15, 0.2) is 0 Å². The average Bonchev–Trinajstić information content (AvgIpc) is 2.36. The summed E-state index contributed by atoms with van der Waals surface area (Å²) in [6, 6.07) is 13.1. The van der Waals surface area contributed by atoms with Gasteiger partial charge in [-0.2, -0.15) is 0 Å². The monoisotopic (exact) mass is 257 g/mol. The molecule has 3 heteroatoms. The molecule has 2 rings (SSSR count). The zero-order chi connectivity index (χ0) is 13.8. The third-order valence-electron chi connectivity index (χ3n) is 3.12. The number of aromatic hydroxyl groups is 2. The molecule has 0 aliphatic carbocycles. The fraction of sp³-hybridized carbons (Fsp3) is 0.250. The molecule has 0 saturated carbocycles. The maximum absolute atomic E-state index is 9.42. The van der Waals surface area contributed by atoms with Crippen molar-refractivity contribution in [2.45, 2.75) is 12.8 Å². The summed E-state index contributed by atoms with van der Waals surface area (Å²) in [5.41, 5.74) is 3.36. The molecule has 19 heavy (non-hydrogen) atoms. The van der Waals surface area contributed by atoms with Crippen molar-refractivity contribution >= 4 is 5.69 Å². The van der Waals surface area contributed by atoms with E-state index in [2.05, 4.69) is 29.2 Å². The van der Waals surface area contributed by atoms with Crippen molar-refractivity contribution in [3.63, 3.8) is 0 Å². The first-order valence-electron chi connectivity index (χ1n) is 6.33. The van der Waals surface area contributed by atoms with Gasteiger partial charge in [0.1, 0.15) is 11.5 Å². The predicted octanol–water partition coefficient (Wildman–Crippen LogP) is 2.95. The quantitative estimate of drug-likeness (QED) is 0.885. The lowest BCUT2D eigenvalue weighted by Crippen LogP contribution is -2.08. The van der Waals surface area contributed by atoms with Crippen LogP contribution >= 0.6 is 0 Å². The molecule has 100 valence electrons. The lowest BCUT2D eigenvalue weighted by atomic mass is 10.0. The minimum absolute atomic E-state index is 0.109. The Bertz CT molecular complexity index is 527. The molecule has 0 spiro atoms. The van der Waals surface area contributed by atoms with Crippen molar-refractivity contribution in [3.05, 3.63) is 53.6 Å². The summed E-state index contributed by atoms with van der Waals surface area (Å²) >= 11 is 0. The molecule has 0 aromatic heterocycles. The molecule has 2 N–H and O–H groups in total. The second-order valence-electron chi connectivity index (χ2n) is 4.92. The van der Waals surface area contributed by atoms with Crippen molar-refractivity contribution in [1.82, 2.24) is 0 Å². The highest BCUT2D eigenvalue weighted by atomic mass is 16.3. The molecule has 0 radical (unpaired) electrons. The van der Waals surface area contributed by atoms with Gasteiger partial charge in [0.25, 0.3) is 0 Å². The minimum atomic E-state index is 0.109. The van der Waals surface area contributed by atoms with Gasteiger partial charge < -0.3 is 15.1 Å². The number of rotatable bonds is 4. The maximum Gasteiger partial charge on any atom is 0.119 e. The Labute approximate surface area is 113 Å². The molecule has 0 fully saturated rings. The van der Waals surface area contributed by atoms with Gasteiger partial charge in [-0.1, -0.05) is 12.1 Å². The van der Waals surface area contributed by atoms with E-state index in [4.69, 9.17) is 0 Å². The molecule has 3 nitrogen and oxygen atoms in total. The first-order valence-corrected chi connectivity index (χ1v) is 6.33. The number of hydrogen-bond donors (Lipinski definition) is 2. The van der Waals surface area contributed by atoms with Crippen LogP contribution in [0.15, 0.2) is 42.5 Å². The van der Waals surface area contributed by atoms with E-state index < -0.39 is 0 Å². The smallest absolute Gasteiger partial charge is 0.119 e. The Morgan fingerprint density at radius 1 is 0.789 bits per heavy atom. The Morgan fingerprint density at radius 2 is 1.32 bits per heavy atom. The molecule has 0 amide bonds. The van der Waals surface area contributed by atoms with Crippen molar-refractivity contribution < 1.29 is 10.2 Å². The summed E-state index contributed by atoms with van der Waals surface area (Å²) in [7, 11) is 4.04. The van der Waals surface area contributed by atoms with Gasteiger partial charge in [0, 0.05) is 25.8 Å². The highest BCUT2D eigenvalue weighted by Crippen LogP contribution is 2.22. The summed E-state index contributed by atoms with van der Waals surface area (Å²) in [5, 5.41) is 18.8. The van der Waals surface area contributed by atoms with Crippen LogP contribution in [0.25, 0.3) is 0 Å². The SMILES string of the molecule is CN(C)c1ccc(CCc2cc(O)cc(O)c2)cc1. The summed E-state index contributed by atoms with van der Waals surface area (Å²) < 4.78 is 0. The lowest BCUT2D eigenvalue weighted by molar-refractivity contribution is 0.449. The van der Waals surface area contributed by atoms with E-state index in [9.17, 15) is 10.2 Å². The van der Waals surface area contributed by atoms with Crippen molar-refractivity contribution in [3.8, 4) is 11.5 Å². The molecule has 0 heterocycles. The van der Waals surface area contributed by atoms with Gasteiger partial charge in [-0.3, -0.25) is 0 Å².